The molecule has 1 aromatic rings. The molecule has 0 bridgehead atoms. The molecule has 80 valence electrons. The summed E-state index contributed by atoms with van der Waals surface area (Å²) in [5.74, 6) is -0.246. The van der Waals surface area contributed by atoms with Crippen LogP contribution in [-0.2, 0) is 0 Å². The van der Waals surface area contributed by atoms with Crippen molar-refractivity contribution in [2.45, 2.75) is 6.92 Å². The fourth-order valence-corrected chi connectivity index (χ4v) is 1.39. The Balaban J connectivity index is 2.77. The molecule has 1 amide bonds. The molecule has 1 N–H and O–H groups in total. The number of halogens is 2. The maximum Gasteiger partial charge on any atom is 0.251 e. The Morgan fingerprint density at radius 3 is 2.47 bits per heavy atom. The Morgan fingerprint density at radius 2 is 2.00 bits per heavy atom. The number of amides is 1. The van der Waals surface area contributed by atoms with Crippen molar-refractivity contribution in [3.05, 3.63) is 40.2 Å². The molecular formula is C10H10Cl2N2O. The lowest BCUT2D eigenvalue weighted by Gasteiger charge is -2.05. The summed E-state index contributed by atoms with van der Waals surface area (Å²) in [7, 11) is 0. The number of carbonyl (C=O) groups excluding carboxylic acids is 1. The van der Waals surface area contributed by atoms with Crippen molar-refractivity contribution in [2.75, 3.05) is 6.54 Å². The van der Waals surface area contributed by atoms with E-state index in [2.05, 4.69) is 16.9 Å². The Hall–Kier alpha value is -1.06. The number of hydrogen-bond acceptors (Lipinski definition) is 2. The van der Waals surface area contributed by atoms with E-state index in [0.29, 0.717) is 12.1 Å². The number of nitrogens with one attached hydrogen (secondary N) is 1. The highest BCUT2D eigenvalue weighted by Gasteiger charge is 2.07. The predicted octanol–water partition coefficient (Wildman–Crippen LogP) is 2.69. The smallest absolute Gasteiger partial charge is 0.251 e. The highest BCUT2D eigenvalue weighted by Crippen LogP contribution is 2.14. The minimum Gasteiger partial charge on any atom is -0.348 e. The van der Waals surface area contributed by atoms with Gasteiger partial charge in [0.15, 0.2) is 0 Å². The maximum absolute atomic E-state index is 11.6. The first-order valence-electron chi connectivity index (χ1n) is 4.24. The molecule has 1 rings (SSSR count). The van der Waals surface area contributed by atoms with Gasteiger partial charge >= 0.3 is 0 Å². The molecule has 5 heteroatoms. The molecule has 0 aliphatic carbocycles. The van der Waals surface area contributed by atoms with E-state index in [1.54, 1.807) is 0 Å². The van der Waals surface area contributed by atoms with Gasteiger partial charge in [-0.15, -0.1) is 0 Å². The van der Waals surface area contributed by atoms with Crippen molar-refractivity contribution >= 4 is 29.1 Å². The molecule has 0 aliphatic heterocycles. The minimum atomic E-state index is -0.246. The van der Waals surface area contributed by atoms with Gasteiger partial charge in [0.2, 0.25) is 0 Å². The number of aromatic nitrogens is 1. The Morgan fingerprint density at radius 1 is 1.47 bits per heavy atom. The predicted molar refractivity (Wildman–Crippen MR) is 61.4 cm³/mol. The summed E-state index contributed by atoms with van der Waals surface area (Å²) in [6.45, 7) is 5.93. The van der Waals surface area contributed by atoms with Crippen molar-refractivity contribution in [3.8, 4) is 0 Å². The van der Waals surface area contributed by atoms with Crippen LogP contribution in [0.15, 0.2) is 24.3 Å². The lowest BCUT2D eigenvalue weighted by molar-refractivity contribution is 0.0957. The lowest BCUT2D eigenvalue weighted by Crippen LogP contribution is -2.24. The number of rotatable bonds is 3. The van der Waals surface area contributed by atoms with E-state index in [0.717, 1.165) is 5.57 Å². The third kappa shape index (κ3) is 3.90. The van der Waals surface area contributed by atoms with Crippen LogP contribution in [0.1, 0.15) is 17.3 Å². The Bertz CT molecular complexity index is 384. The van der Waals surface area contributed by atoms with Crippen LogP contribution in [0.3, 0.4) is 0 Å². The molecule has 0 spiro atoms. The molecule has 1 heterocycles. The molecule has 1 aromatic heterocycles. The fourth-order valence-electron chi connectivity index (χ4n) is 0.929. The fraction of sp³-hybridized carbons (Fsp3) is 0.200. The number of carbonyl (C=O) groups is 1. The highest BCUT2D eigenvalue weighted by molar-refractivity contribution is 6.33. The first kappa shape index (κ1) is 12.0. The van der Waals surface area contributed by atoms with E-state index in [1.165, 1.54) is 12.1 Å². The standard InChI is InChI=1S/C10H10Cl2N2O/c1-6(2)5-13-10(15)7-3-8(11)14-9(12)4-7/h3-4H,1,5H2,2H3,(H,13,15). The van der Waals surface area contributed by atoms with Gasteiger partial charge in [-0.05, 0) is 19.1 Å². The zero-order chi connectivity index (χ0) is 11.4. The molecule has 0 unspecified atom stereocenters. The second-order valence-electron chi connectivity index (χ2n) is 3.14. The van der Waals surface area contributed by atoms with Gasteiger partial charge < -0.3 is 5.32 Å². The van der Waals surface area contributed by atoms with Gasteiger partial charge in [0.1, 0.15) is 10.3 Å². The monoisotopic (exact) mass is 244 g/mol. The second-order valence-corrected chi connectivity index (χ2v) is 3.92. The van der Waals surface area contributed by atoms with Crippen molar-refractivity contribution in [1.29, 1.82) is 0 Å². The minimum absolute atomic E-state index is 0.197. The van der Waals surface area contributed by atoms with Crippen molar-refractivity contribution in [1.82, 2.24) is 10.3 Å². The lowest BCUT2D eigenvalue weighted by atomic mass is 10.2. The molecule has 0 atom stereocenters. The van der Waals surface area contributed by atoms with Crippen LogP contribution in [-0.4, -0.2) is 17.4 Å². The van der Waals surface area contributed by atoms with Crippen LogP contribution in [0, 0.1) is 0 Å². The zero-order valence-electron chi connectivity index (χ0n) is 8.18. The summed E-state index contributed by atoms with van der Waals surface area (Å²) in [5.41, 5.74) is 1.26. The van der Waals surface area contributed by atoms with Crippen molar-refractivity contribution < 1.29 is 4.79 Å². The van der Waals surface area contributed by atoms with E-state index >= 15 is 0 Å². The first-order valence-corrected chi connectivity index (χ1v) is 5.00. The summed E-state index contributed by atoms with van der Waals surface area (Å²) in [4.78, 5) is 15.3. The van der Waals surface area contributed by atoms with Crippen LogP contribution in [0.5, 0.6) is 0 Å². The van der Waals surface area contributed by atoms with Gasteiger partial charge in [0.05, 0.1) is 0 Å². The summed E-state index contributed by atoms with van der Waals surface area (Å²) < 4.78 is 0. The average molecular weight is 245 g/mol. The van der Waals surface area contributed by atoms with Gasteiger partial charge in [-0.3, -0.25) is 4.79 Å². The molecule has 0 saturated heterocycles. The van der Waals surface area contributed by atoms with Crippen LogP contribution < -0.4 is 5.32 Å². The molecule has 0 fully saturated rings. The van der Waals surface area contributed by atoms with E-state index in [9.17, 15) is 4.79 Å². The highest BCUT2D eigenvalue weighted by atomic mass is 35.5. The normalized spacial score (nSPS) is 9.80. The van der Waals surface area contributed by atoms with E-state index < -0.39 is 0 Å². The van der Waals surface area contributed by atoms with E-state index in [1.807, 2.05) is 6.92 Å². The van der Waals surface area contributed by atoms with Gasteiger partial charge in [0, 0.05) is 12.1 Å². The number of pyridine rings is 1. The Labute approximate surface area is 98.1 Å². The van der Waals surface area contributed by atoms with Crippen LogP contribution in [0.2, 0.25) is 10.3 Å². The summed E-state index contributed by atoms with van der Waals surface area (Å²) >= 11 is 11.3. The molecule has 0 radical (unpaired) electrons. The molecule has 0 aliphatic rings. The number of hydrogen-bond donors (Lipinski definition) is 1. The van der Waals surface area contributed by atoms with Gasteiger partial charge in [-0.2, -0.15) is 0 Å². The van der Waals surface area contributed by atoms with Crippen molar-refractivity contribution in [3.63, 3.8) is 0 Å². The average Bonchev–Trinajstić information content (AvgIpc) is 2.12. The first-order chi connectivity index (χ1) is 6.99. The molecule has 0 saturated carbocycles. The third-order valence-electron chi connectivity index (χ3n) is 1.58. The molecule has 15 heavy (non-hydrogen) atoms. The quantitative estimate of drug-likeness (QED) is 0.657. The molecule has 3 nitrogen and oxygen atoms in total. The van der Waals surface area contributed by atoms with E-state index in [-0.39, 0.29) is 16.2 Å². The Kier molecular flexibility index (Phi) is 4.12. The van der Waals surface area contributed by atoms with E-state index in [4.69, 9.17) is 23.2 Å². The molecule has 0 aromatic carbocycles. The summed E-state index contributed by atoms with van der Waals surface area (Å²) in [5, 5.41) is 3.06. The summed E-state index contributed by atoms with van der Waals surface area (Å²) in [6, 6.07) is 2.92. The molecular weight excluding hydrogens is 235 g/mol. The van der Waals surface area contributed by atoms with Crippen molar-refractivity contribution in [2.24, 2.45) is 0 Å². The van der Waals surface area contributed by atoms with Crippen LogP contribution in [0.4, 0.5) is 0 Å². The topological polar surface area (TPSA) is 42.0 Å². The third-order valence-corrected chi connectivity index (χ3v) is 1.96. The summed E-state index contributed by atoms with van der Waals surface area (Å²) in [6.07, 6.45) is 0. The maximum atomic E-state index is 11.6. The van der Waals surface area contributed by atoms with Crippen LogP contribution in [0.25, 0.3) is 0 Å². The number of nitrogens with zero attached hydrogens (tertiary/aromatic N) is 1. The largest absolute Gasteiger partial charge is 0.348 e. The SMILES string of the molecule is C=C(C)CNC(=O)c1cc(Cl)nc(Cl)c1. The van der Waals surface area contributed by atoms with Gasteiger partial charge in [-0.25, -0.2) is 4.98 Å². The van der Waals surface area contributed by atoms with Crippen LogP contribution >= 0.6 is 23.2 Å². The zero-order valence-corrected chi connectivity index (χ0v) is 9.69. The van der Waals surface area contributed by atoms with Gasteiger partial charge in [-0.1, -0.05) is 35.4 Å². The van der Waals surface area contributed by atoms with Gasteiger partial charge in [0.25, 0.3) is 5.91 Å². The second kappa shape index (κ2) is 5.14.